The lowest BCUT2D eigenvalue weighted by Gasteiger charge is -2.07. The van der Waals surface area contributed by atoms with Crippen molar-refractivity contribution in [3.63, 3.8) is 0 Å². The highest BCUT2D eigenvalue weighted by atomic mass is 16.5. The molecular weight excluding hydrogens is 212 g/mol. The van der Waals surface area contributed by atoms with Crippen LogP contribution in [0.4, 0.5) is 0 Å². The summed E-state index contributed by atoms with van der Waals surface area (Å²) in [6.45, 7) is 6.17. The molecule has 90 valence electrons. The van der Waals surface area contributed by atoms with Gasteiger partial charge < -0.3 is 9.30 Å². The van der Waals surface area contributed by atoms with Gasteiger partial charge in [-0.2, -0.15) is 0 Å². The number of hydrogen-bond acceptors (Lipinski definition) is 2. The summed E-state index contributed by atoms with van der Waals surface area (Å²) in [5.41, 5.74) is 4.54. The number of nitrogens with zero attached hydrogens (tertiary/aromatic N) is 2. The Hall–Kier alpha value is -1.77. The minimum absolute atomic E-state index is 0.913. The summed E-state index contributed by atoms with van der Waals surface area (Å²) in [5.74, 6) is 1.92. The summed E-state index contributed by atoms with van der Waals surface area (Å²) in [7, 11) is 3.74. The lowest BCUT2D eigenvalue weighted by molar-refractivity contribution is 0.412. The molecule has 0 atom stereocenters. The molecule has 0 radical (unpaired) electrons. The second-order valence-electron chi connectivity index (χ2n) is 4.35. The monoisotopic (exact) mass is 230 g/mol. The van der Waals surface area contributed by atoms with E-state index in [1.54, 1.807) is 7.11 Å². The molecular formula is C14H18N2O. The molecule has 3 heteroatoms. The van der Waals surface area contributed by atoms with Gasteiger partial charge in [-0.1, -0.05) is 0 Å². The van der Waals surface area contributed by atoms with Gasteiger partial charge in [-0.15, -0.1) is 0 Å². The molecule has 0 saturated heterocycles. The fourth-order valence-corrected chi connectivity index (χ4v) is 1.99. The zero-order valence-electron chi connectivity index (χ0n) is 11.0. The second-order valence-corrected chi connectivity index (χ2v) is 4.35. The standard InChI is InChI=1S/C14H18N2O/c1-9-8-12(6-7-13(9)17-5)14-15-10(2)11(3)16(14)4/h6-8H,1-5H3. The van der Waals surface area contributed by atoms with Crippen LogP contribution in [0.2, 0.25) is 0 Å². The van der Waals surface area contributed by atoms with Gasteiger partial charge in [-0.05, 0) is 44.5 Å². The van der Waals surface area contributed by atoms with Gasteiger partial charge in [0.15, 0.2) is 0 Å². The van der Waals surface area contributed by atoms with Gasteiger partial charge in [-0.3, -0.25) is 0 Å². The van der Waals surface area contributed by atoms with E-state index in [0.29, 0.717) is 0 Å². The molecule has 0 saturated carbocycles. The Balaban J connectivity index is 2.53. The van der Waals surface area contributed by atoms with Crippen molar-refractivity contribution in [2.75, 3.05) is 7.11 Å². The Bertz CT molecular complexity index is 556. The maximum absolute atomic E-state index is 5.27. The van der Waals surface area contributed by atoms with Gasteiger partial charge in [-0.25, -0.2) is 4.98 Å². The minimum Gasteiger partial charge on any atom is -0.496 e. The molecule has 2 rings (SSSR count). The molecule has 0 fully saturated rings. The Morgan fingerprint density at radius 3 is 2.35 bits per heavy atom. The Morgan fingerprint density at radius 1 is 1.18 bits per heavy atom. The van der Waals surface area contributed by atoms with Gasteiger partial charge in [0, 0.05) is 18.3 Å². The number of imidazole rings is 1. The first-order valence-corrected chi connectivity index (χ1v) is 5.69. The number of aryl methyl sites for hydroxylation is 2. The molecule has 1 heterocycles. The average molecular weight is 230 g/mol. The molecule has 0 N–H and O–H groups in total. The molecule has 0 aliphatic carbocycles. The van der Waals surface area contributed by atoms with Crippen LogP contribution in [-0.4, -0.2) is 16.7 Å². The van der Waals surface area contributed by atoms with Gasteiger partial charge in [0.05, 0.1) is 12.8 Å². The highest BCUT2D eigenvalue weighted by Crippen LogP contribution is 2.26. The maximum Gasteiger partial charge on any atom is 0.140 e. The average Bonchev–Trinajstić information content (AvgIpc) is 2.57. The van der Waals surface area contributed by atoms with E-state index in [1.807, 2.05) is 33.0 Å². The highest BCUT2D eigenvalue weighted by Gasteiger charge is 2.10. The third-order valence-corrected chi connectivity index (χ3v) is 3.27. The van der Waals surface area contributed by atoms with Crippen LogP contribution in [-0.2, 0) is 7.05 Å². The molecule has 1 aromatic carbocycles. The van der Waals surface area contributed by atoms with Crippen molar-refractivity contribution in [1.29, 1.82) is 0 Å². The van der Waals surface area contributed by atoms with Crippen molar-refractivity contribution < 1.29 is 4.74 Å². The van der Waals surface area contributed by atoms with E-state index in [2.05, 4.69) is 22.5 Å². The second kappa shape index (κ2) is 4.24. The number of ether oxygens (including phenoxy) is 1. The van der Waals surface area contributed by atoms with Crippen LogP contribution >= 0.6 is 0 Å². The van der Waals surface area contributed by atoms with E-state index >= 15 is 0 Å². The number of aromatic nitrogens is 2. The van der Waals surface area contributed by atoms with E-state index in [-0.39, 0.29) is 0 Å². The zero-order valence-corrected chi connectivity index (χ0v) is 11.0. The van der Waals surface area contributed by atoms with Crippen LogP contribution < -0.4 is 4.74 Å². The van der Waals surface area contributed by atoms with E-state index in [0.717, 1.165) is 28.4 Å². The molecule has 0 aliphatic heterocycles. The van der Waals surface area contributed by atoms with Gasteiger partial charge in [0.1, 0.15) is 11.6 Å². The minimum atomic E-state index is 0.913. The lowest BCUT2D eigenvalue weighted by atomic mass is 10.1. The van der Waals surface area contributed by atoms with Crippen molar-refractivity contribution >= 4 is 0 Å². The van der Waals surface area contributed by atoms with Crippen LogP contribution in [0.15, 0.2) is 18.2 Å². The summed E-state index contributed by atoms with van der Waals surface area (Å²) in [5, 5.41) is 0. The van der Waals surface area contributed by atoms with Gasteiger partial charge in [0.2, 0.25) is 0 Å². The molecule has 17 heavy (non-hydrogen) atoms. The van der Waals surface area contributed by atoms with Crippen molar-refractivity contribution in [3.8, 4) is 17.1 Å². The molecule has 2 aromatic rings. The van der Waals surface area contributed by atoms with Crippen molar-refractivity contribution in [1.82, 2.24) is 9.55 Å². The lowest BCUT2D eigenvalue weighted by Crippen LogP contribution is -1.95. The topological polar surface area (TPSA) is 27.1 Å². The maximum atomic E-state index is 5.27. The summed E-state index contributed by atoms with van der Waals surface area (Å²) in [4.78, 5) is 4.60. The first-order chi connectivity index (χ1) is 8.04. The zero-order chi connectivity index (χ0) is 12.6. The van der Waals surface area contributed by atoms with E-state index in [9.17, 15) is 0 Å². The number of hydrogen-bond donors (Lipinski definition) is 0. The van der Waals surface area contributed by atoms with E-state index in [1.165, 1.54) is 5.69 Å². The predicted octanol–water partition coefficient (Wildman–Crippen LogP) is 3.02. The third-order valence-electron chi connectivity index (χ3n) is 3.27. The van der Waals surface area contributed by atoms with Crippen LogP contribution in [0.25, 0.3) is 11.4 Å². The SMILES string of the molecule is COc1ccc(-c2nc(C)c(C)n2C)cc1C. The van der Waals surface area contributed by atoms with Crippen molar-refractivity contribution in [2.45, 2.75) is 20.8 Å². The molecule has 3 nitrogen and oxygen atoms in total. The summed E-state index contributed by atoms with van der Waals surface area (Å²) in [6.07, 6.45) is 0. The normalized spacial score (nSPS) is 10.6. The van der Waals surface area contributed by atoms with Crippen LogP contribution in [0.1, 0.15) is 17.0 Å². The number of rotatable bonds is 2. The van der Waals surface area contributed by atoms with Crippen LogP contribution in [0, 0.1) is 20.8 Å². The van der Waals surface area contributed by atoms with Gasteiger partial charge in [0.25, 0.3) is 0 Å². The third kappa shape index (κ3) is 1.93. The summed E-state index contributed by atoms with van der Waals surface area (Å²) in [6, 6.07) is 6.15. The Labute approximate surface area is 102 Å². The molecule has 1 aromatic heterocycles. The number of benzene rings is 1. The highest BCUT2D eigenvalue weighted by molar-refractivity contribution is 5.60. The van der Waals surface area contributed by atoms with Gasteiger partial charge >= 0.3 is 0 Å². The van der Waals surface area contributed by atoms with Crippen LogP contribution in [0.3, 0.4) is 0 Å². The largest absolute Gasteiger partial charge is 0.496 e. The quantitative estimate of drug-likeness (QED) is 0.793. The van der Waals surface area contributed by atoms with Crippen LogP contribution in [0.5, 0.6) is 5.75 Å². The summed E-state index contributed by atoms with van der Waals surface area (Å²) >= 11 is 0. The Kier molecular flexibility index (Phi) is 2.92. The fraction of sp³-hybridized carbons (Fsp3) is 0.357. The van der Waals surface area contributed by atoms with Crippen molar-refractivity contribution in [3.05, 3.63) is 35.2 Å². The first kappa shape index (κ1) is 11.7. The molecule has 0 aliphatic rings. The molecule has 0 bridgehead atoms. The molecule has 0 spiro atoms. The first-order valence-electron chi connectivity index (χ1n) is 5.69. The summed E-state index contributed by atoms with van der Waals surface area (Å²) < 4.78 is 7.39. The predicted molar refractivity (Wildman–Crippen MR) is 69.4 cm³/mol. The Morgan fingerprint density at radius 2 is 1.88 bits per heavy atom. The van der Waals surface area contributed by atoms with Crippen molar-refractivity contribution in [2.24, 2.45) is 7.05 Å². The van der Waals surface area contributed by atoms with E-state index < -0.39 is 0 Å². The molecule has 0 unspecified atom stereocenters. The fourth-order valence-electron chi connectivity index (χ4n) is 1.99. The molecule has 0 amide bonds. The number of methoxy groups -OCH3 is 1. The smallest absolute Gasteiger partial charge is 0.140 e. The van der Waals surface area contributed by atoms with E-state index in [4.69, 9.17) is 4.74 Å².